The number of aryl methyl sites for hydroxylation is 1. The molecule has 27 heavy (non-hydrogen) atoms. The Morgan fingerprint density at radius 1 is 1.19 bits per heavy atom. The smallest absolute Gasteiger partial charge is 0.289 e. The van der Waals surface area contributed by atoms with Crippen molar-refractivity contribution in [1.82, 2.24) is 14.7 Å². The van der Waals surface area contributed by atoms with Crippen molar-refractivity contribution in [2.75, 3.05) is 14.2 Å². The molecular weight excluding hydrogens is 346 g/mol. The third-order valence-corrected chi connectivity index (χ3v) is 4.08. The van der Waals surface area contributed by atoms with Crippen molar-refractivity contribution >= 4 is 5.91 Å². The number of hydrogen-bond acceptors (Lipinski definition) is 5. The van der Waals surface area contributed by atoms with Crippen LogP contribution in [0, 0.1) is 0 Å². The number of ether oxygens (including phenoxy) is 2. The van der Waals surface area contributed by atoms with Gasteiger partial charge in [-0.3, -0.25) is 9.48 Å². The maximum Gasteiger partial charge on any atom is 0.289 e. The average molecular weight is 369 g/mol. The molecule has 0 unspecified atom stereocenters. The van der Waals surface area contributed by atoms with Crippen molar-refractivity contribution < 1.29 is 18.7 Å². The van der Waals surface area contributed by atoms with Gasteiger partial charge in [0.1, 0.15) is 12.4 Å². The number of hydrogen-bond donors (Lipinski definition) is 0. The molecule has 7 nitrogen and oxygen atoms in total. The van der Waals surface area contributed by atoms with Crippen molar-refractivity contribution in [1.29, 1.82) is 0 Å². The van der Waals surface area contributed by atoms with E-state index in [1.54, 1.807) is 31.2 Å². The predicted molar refractivity (Wildman–Crippen MR) is 99.7 cm³/mol. The monoisotopic (exact) mass is 369 g/mol. The van der Waals surface area contributed by atoms with Gasteiger partial charge in [0.2, 0.25) is 0 Å². The van der Waals surface area contributed by atoms with E-state index in [0.29, 0.717) is 23.8 Å². The van der Waals surface area contributed by atoms with Gasteiger partial charge in [0.05, 0.1) is 19.3 Å². The molecule has 142 valence electrons. The van der Waals surface area contributed by atoms with Crippen molar-refractivity contribution in [3.05, 3.63) is 65.9 Å². The van der Waals surface area contributed by atoms with E-state index in [0.717, 1.165) is 12.2 Å². The molecule has 0 spiro atoms. The highest BCUT2D eigenvalue weighted by Gasteiger charge is 2.17. The van der Waals surface area contributed by atoms with Gasteiger partial charge in [-0.2, -0.15) is 5.10 Å². The Morgan fingerprint density at radius 2 is 1.96 bits per heavy atom. The molecule has 2 heterocycles. The van der Waals surface area contributed by atoms with Crippen LogP contribution >= 0.6 is 0 Å². The van der Waals surface area contributed by atoms with E-state index in [1.165, 1.54) is 0 Å². The summed E-state index contributed by atoms with van der Waals surface area (Å²) in [5.74, 6) is 1.89. The maximum atomic E-state index is 12.6. The van der Waals surface area contributed by atoms with E-state index in [9.17, 15) is 4.79 Å². The average Bonchev–Trinajstić information content (AvgIpc) is 3.35. The third-order valence-electron chi connectivity index (χ3n) is 4.08. The molecule has 0 atom stereocenters. The van der Waals surface area contributed by atoms with Crippen molar-refractivity contribution in [3.63, 3.8) is 0 Å². The lowest BCUT2D eigenvalue weighted by atomic mass is 10.3. The van der Waals surface area contributed by atoms with E-state index in [-0.39, 0.29) is 18.3 Å². The second-order valence-corrected chi connectivity index (χ2v) is 6.03. The normalized spacial score (nSPS) is 10.6. The van der Waals surface area contributed by atoms with Crippen LogP contribution in [0.5, 0.6) is 11.5 Å². The summed E-state index contributed by atoms with van der Waals surface area (Å²) in [7, 11) is 3.31. The quantitative estimate of drug-likeness (QED) is 0.609. The number of methoxy groups -OCH3 is 1. The predicted octanol–water partition coefficient (Wildman–Crippen LogP) is 3.36. The summed E-state index contributed by atoms with van der Waals surface area (Å²) in [5, 5.41) is 4.39. The summed E-state index contributed by atoms with van der Waals surface area (Å²) in [5.41, 5.74) is 0.832. The van der Waals surface area contributed by atoms with Gasteiger partial charge in [-0.05, 0) is 37.3 Å². The minimum atomic E-state index is -0.204. The summed E-state index contributed by atoms with van der Waals surface area (Å²) >= 11 is 0. The lowest BCUT2D eigenvalue weighted by Gasteiger charge is -2.14. The molecular formula is C20H23N3O4. The van der Waals surface area contributed by atoms with Gasteiger partial charge in [-0.1, -0.05) is 12.1 Å². The third kappa shape index (κ3) is 4.49. The summed E-state index contributed by atoms with van der Waals surface area (Å²) < 4.78 is 18.4. The minimum absolute atomic E-state index is 0.204. The number of nitrogens with zero attached hydrogens (tertiary/aromatic N) is 3. The van der Waals surface area contributed by atoms with Crippen LogP contribution < -0.4 is 9.47 Å². The first-order valence-corrected chi connectivity index (χ1v) is 8.73. The number of aromatic nitrogens is 2. The molecule has 0 aliphatic carbocycles. The number of benzene rings is 1. The second-order valence-electron chi connectivity index (χ2n) is 6.03. The molecule has 3 aromatic rings. The Kier molecular flexibility index (Phi) is 5.80. The molecule has 0 radical (unpaired) electrons. The second kappa shape index (κ2) is 8.44. The molecule has 0 saturated carbocycles. The fraction of sp³-hybridized carbons (Fsp3) is 0.300. The zero-order valence-electron chi connectivity index (χ0n) is 15.7. The molecule has 0 bridgehead atoms. The van der Waals surface area contributed by atoms with E-state index in [2.05, 4.69) is 5.10 Å². The van der Waals surface area contributed by atoms with Crippen molar-refractivity contribution in [2.45, 2.75) is 26.6 Å². The van der Waals surface area contributed by atoms with Gasteiger partial charge in [0.15, 0.2) is 17.3 Å². The van der Waals surface area contributed by atoms with Crippen LogP contribution in [0.25, 0.3) is 0 Å². The molecule has 0 aliphatic rings. The Labute approximate surface area is 158 Å². The highest BCUT2D eigenvalue weighted by atomic mass is 16.5. The van der Waals surface area contributed by atoms with Gasteiger partial charge in [-0.25, -0.2) is 0 Å². The zero-order chi connectivity index (χ0) is 19.2. The lowest BCUT2D eigenvalue weighted by molar-refractivity contribution is 0.0747. The number of rotatable bonds is 8. The van der Waals surface area contributed by atoms with Crippen LogP contribution in [0.3, 0.4) is 0 Å². The molecule has 0 saturated heterocycles. The Morgan fingerprint density at radius 3 is 2.67 bits per heavy atom. The lowest BCUT2D eigenvalue weighted by Crippen LogP contribution is -2.26. The number of para-hydroxylation sites is 2. The number of carbonyl (C=O) groups is 1. The van der Waals surface area contributed by atoms with Crippen LogP contribution in [-0.2, 0) is 19.7 Å². The summed E-state index contributed by atoms with van der Waals surface area (Å²) in [6.45, 7) is 3.44. The fourth-order valence-corrected chi connectivity index (χ4v) is 2.62. The molecule has 3 rings (SSSR count). The summed E-state index contributed by atoms with van der Waals surface area (Å²) in [4.78, 5) is 14.1. The van der Waals surface area contributed by atoms with Crippen LogP contribution in [-0.4, -0.2) is 34.7 Å². The van der Waals surface area contributed by atoms with Crippen LogP contribution in [0.15, 0.2) is 53.1 Å². The largest absolute Gasteiger partial charge is 0.493 e. The Balaban J connectivity index is 1.59. The summed E-state index contributed by atoms with van der Waals surface area (Å²) in [6, 6.07) is 12.7. The van der Waals surface area contributed by atoms with Crippen molar-refractivity contribution in [3.8, 4) is 11.5 Å². The van der Waals surface area contributed by atoms with Gasteiger partial charge < -0.3 is 18.8 Å². The van der Waals surface area contributed by atoms with E-state index in [4.69, 9.17) is 13.9 Å². The highest BCUT2D eigenvalue weighted by Crippen LogP contribution is 2.26. The molecule has 1 amide bonds. The number of carbonyl (C=O) groups excluding carboxylic acids is 1. The van der Waals surface area contributed by atoms with E-state index >= 15 is 0 Å². The fourth-order valence-electron chi connectivity index (χ4n) is 2.62. The molecule has 7 heteroatoms. The first kappa shape index (κ1) is 18.6. The van der Waals surface area contributed by atoms with Gasteiger partial charge in [0.25, 0.3) is 5.91 Å². The SMILES string of the molecule is CCn1ccc(CN(C)C(=O)c2ccc(COc3ccccc3OC)o2)n1. The number of furan rings is 1. The van der Waals surface area contributed by atoms with E-state index < -0.39 is 0 Å². The van der Waals surface area contributed by atoms with Crippen LogP contribution in [0.4, 0.5) is 0 Å². The van der Waals surface area contributed by atoms with Gasteiger partial charge >= 0.3 is 0 Å². The standard InChI is InChI=1S/C20H23N3O4/c1-4-23-12-11-15(21-23)13-22(2)20(24)19-10-9-16(27-19)14-26-18-8-6-5-7-17(18)25-3/h5-12H,4,13-14H2,1-3H3. The minimum Gasteiger partial charge on any atom is -0.493 e. The molecule has 0 N–H and O–H groups in total. The van der Waals surface area contributed by atoms with Gasteiger partial charge in [0, 0.05) is 19.8 Å². The molecule has 0 aliphatic heterocycles. The first-order valence-electron chi connectivity index (χ1n) is 8.73. The van der Waals surface area contributed by atoms with Crippen molar-refractivity contribution in [2.24, 2.45) is 0 Å². The maximum absolute atomic E-state index is 12.6. The first-order chi connectivity index (χ1) is 13.1. The molecule has 2 aromatic heterocycles. The topological polar surface area (TPSA) is 69.7 Å². The molecule has 0 fully saturated rings. The van der Waals surface area contributed by atoms with E-state index in [1.807, 2.05) is 48.1 Å². The van der Waals surface area contributed by atoms with Crippen LogP contribution in [0.1, 0.15) is 28.9 Å². The van der Waals surface area contributed by atoms with Gasteiger partial charge in [-0.15, -0.1) is 0 Å². The zero-order valence-corrected chi connectivity index (χ0v) is 15.7. The molecule has 1 aromatic carbocycles. The summed E-state index contributed by atoms with van der Waals surface area (Å²) in [6.07, 6.45) is 1.90. The van der Waals surface area contributed by atoms with Crippen LogP contribution in [0.2, 0.25) is 0 Å². The highest BCUT2D eigenvalue weighted by molar-refractivity contribution is 5.91. The Hall–Kier alpha value is -3.22. The Bertz CT molecular complexity index is 900. The number of amides is 1.